The highest BCUT2D eigenvalue weighted by molar-refractivity contribution is 5.79. The fraction of sp³-hybridized carbons (Fsp3) is 0.783. The molecule has 1 aromatic heterocycles. The Kier molecular flexibility index (Phi) is 10.5. The monoisotopic (exact) mass is 419 g/mol. The summed E-state index contributed by atoms with van der Waals surface area (Å²) in [5.41, 5.74) is 0. The van der Waals surface area contributed by atoms with Crippen LogP contribution in [0.3, 0.4) is 0 Å². The van der Waals surface area contributed by atoms with Gasteiger partial charge in [-0.05, 0) is 69.9 Å². The summed E-state index contributed by atoms with van der Waals surface area (Å²) in [6.07, 6.45) is 7.52. The highest BCUT2D eigenvalue weighted by Crippen LogP contribution is 2.15. The average molecular weight is 420 g/mol. The van der Waals surface area contributed by atoms with E-state index in [1.807, 2.05) is 12.1 Å². The predicted molar refractivity (Wildman–Crippen MR) is 122 cm³/mol. The van der Waals surface area contributed by atoms with Gasteiger partial charge in [0.2, 0.25) is 0 Å². The molecule has 1 aromatic rings. The van der Waals surface area contributed by atoms with Gasteiger partial charge in [0.05, 0.1) is 19.5 Å². The molecule has 3 heterocycles. The number of aliphatic imine (C=N–C) groups is 1. The molecule has 7 heteroatoms. The molecule has 2 aliphatic rings. The molecule has 0 saturated carbocycles. The number of nitrogens with one attached hydrogen (secondary N) is 2. The number of hydrogen-bond donors (Lipinski definition) is 2. The summed E-state index contributed by atoms with van der Waals surface area (Å²) in [5, 5.41) is 6.99. The summed E-state index contributed by atoms with van der Waals surface area (Å²) >= 11 is 0. The lowest BCUT2D eigenvalue weighted by atomic mass is 9.99. The summed E-state index contributed by atoms with van der Waals surface area (Å²) in [5.74, 6) is 2.83. The first kappa shape index (κ1) is 23.1. The Bertz CT molecular complexity index is 578. The summed E-state index contributed by atoms with van der Waals surface area (Å²) in [6, 6.07) is 3.96. The van der Waals surface area contributed by atoms with Crippen molar-refractivity contribution in [3.63, 3.8) is 0 Å². The van der Waals surface area contributed by atoms with E-state index in [0.717, 1.165) is 95.9 Å². The van der Waals surface area contributed by atoms with Gasteiger partial charge < -0.3 is 24.7 Å². The van der Waals surface area contributed by atoms with E-state index in [1.165, 1.54) is 25.9 Å². The minimum atomic E-state index is 0.826. The Morgan fingerprint density at radius 2 is 1.77 bits per heavy atom. The quantitative estimate of drug-likeness (QED) is 0.326. The van der Waals surface area contributed by atoms with E-state index in [4.69, 9.17) is 14.1 Å². The van der Waals surface area contributed by atoms with Crippen molar-refractivity contribution in [1.82, 2.24) is 20.4 Å². The van der Waals surface area contributed by atoms with Crippen LogP contribution in [0.15, 0.2) is 27.8 Å². The van der Waals surface area contributed by atoms with E-state index < -0.39 is 0 Å². The van der Waals surface area contributed by atoms with Gasteiger partial charge in [-0.25, -0.2) is 0 Å². The molecular formula is C23H41N5O2. The van der Waals surface area contributed by atoms with Crippen LogP contribution in [0.4, 0.5) is 0 Å². The maximum absolute atomic E-state index is 5.43. The molecule has 2 saturated heterocycles. The molecule has 2 fully saturated rings. The molecule has 0 aliphatic carbocycles. The fourth-order valence-electron chi connectivity index (χ4n) is 4.04. The van der Waals surface area contributed by atoms with Crippen LogP contribution in [-0.4, -0.2) is 87.9 Å². The number of rotatable bonds is 11. The number of ether oxygens (including phenoxy) is 1. The zero-order chi connectivity index (χ0) is 20.9. The molecule has 30 heavy (non-hydrogen) atoms. The summed E-state index contributed by atoms with van der Waals surface area (Å²) in [7, 11) is 0. The lowest BCUT2D eigenvalue weighted by Gasteiger charge is -2.29. The summed E-state index contributed by atoms with van der Waals surface area (Å²) in [6.45, 7) is 13.6. The highest BCUT2D eigenvalue weighted by Gasteiger charge is 2.14. The zero-order valence-electron chi connectivity index (χ0n) is 18.8. The number of hydrogen-bond acceptors (Lipinski definition) is 5. The number of piperidine rings is 1. The first-order valence-electron chi connectivity index (χ1n) is 11.9. The second-order valence-electron chi connectivity index (χ2n) is 8.60. The molecule has 0 atom stereocenters. The van der Waals surface area contributed by atoms with Gasteiger partial charge >= 0.3 is 0 Å². The molecule has 2 aliphatic heterocycles. The molecule has 170 valence electrons. The van der Waals surface area contributed by atoms with Gasteiger partial charge in [-0.3, -0.25) is 9.89 Å². The SMILES string of the molecule is CC1CCN(CCCN=C(NCCCN2CCOCC2)NCCc2ccco2)CC1. The molecule has 0 unspecified atom stereocenters. The average Bonchev–Trinajstić information content (AvgIpc) is 3.29. The van der Waals surface area contributed by atoms with Crippen LogP contribution in [0.25, 0.3) is 0 Å². The van der Waals surface area contributed by atoms with Crippen molar-refractivity contribution in [3.8, 4) is 0 Å². The predicted octanol–water partition coefficient (Wildman–Crippen LogP) is 2.20. The lowest BCUT2D eigenvalue weighted by Crippen LogP contribution is -2.41. The molecule has 2 N–H and O–H groups in total. The fourth-order valence-corrected chi connectivity index (χ4v) is 4.04. The standard InChI is InChI=1S/C23H41N5O2/c1-21-7-14-27(15-8-21)12-3-9-24-23(26-11-6-22-5-2-18-30-22)25-10-4-13-28-16-19-29-20-17-28/h2,5,18,21H,3-4,6-17,19-20H2,1H3,(H2,24,25,26). The number of guanidine groups is 1. The Labute approximate surface area is 182 Å². The van der Waals surface area contributed by atoms with Gasteiger partial charge in [0, 0.05) is 39.1 Å². The van der Waals surface area contributed by atoms with Crippen LogP contribution in [-0.2, 0) is 11.2 Å². The van der Waals surface area contributed by atoms with Crippen LogP contribution in [0, 0.1) is 5.92 Å². The molecule has 0 spiro atoms. The minimum Gasteiger partial charge on any atom is -0.469 e. The van der Waals surface area contributed by atoms with E-state index in [-0.39, 0.29) is 0 Å². The van der Waals surface area contributed by atoms with Crippen LogP contribution in [0.2, 0.25) is 0 Å². The zero-order valence-corrected chi connectivity index (χ0v) is 18.8. The topological polar surface area (TPSA) is 65.3 Å². The third-order valence-corrected chi connectivity index (χ3v) is 6.07. The second-order valence-corrected chi connectivity index (χ2v) is 8.60. The largest absolute Gasteiger partial charge is 0.469 e. The lowest BCUT2D eigenvalue weighted by molar-refractivity contribution is 0.0376. The van der Waals surface area contributed by atoms with Crippen molar-refractivity contribution in [2.75, 3.05) is 72.1 Å². The number of furan rings is 1. The number of nitrogens with zero attached hydrogens (tertiary/aromatic N) is 3. The van der Waals surface area contributed by atoms with Crippen molar-refractivity contribution in [3.05, 3.63) is 24.2 Å². The van der Waals surface area contributed by atoms with Crippen LogP contribution < -0.4 is 10.6 Å². The van der Waals surface area contributed by atoms with Gasteiger partial charge in [-0.2, -0.15) is 0 Å². The van der Waals surface area contributed by atoms with Gasteiger partial charge in [-0.15, -0.1) is 0 Å². The van der Waals surface area contributed by atoms with E-state index in [0.29, 0.717) is 0 Å². The van der Waals surface area contributed by atoms with Crippen molar-refractivity contribution >= 4 is 5.96 Å². The Morgan fingerprint density at radius 1 is 1.03 bits per heavy atom. The molecule has 3 rings (SSSR count). The van der Waals surface area contributed by atoms with E-state index in [2.05, 4.69) is 27.4 Å². The minimum absolute atomic E-state index is 0.826. The van der Waals surface area contributed by atoms with E-state index in [1.54, 1.807) is 6.26 Å². The van der Waals surface area contributed by atoms with Gasteiger partial charge in [0.1, 0.15) is 5.76 Å². The van der Waals surface area contributed by atoms with Crippen molar-refractivity contribution in [2.45, 2.75) is 39.0 Å². The Hall–Kier alpha value is -1.57. The number of likely N-dealkylation sites (tertiary alicyclic amines) is 1. The normalized spacial score (nSPS) is 19.8. The van der Waals surface area contributed by atoms with Crippen LogP contribution >= 0.6 is 0 Å². The second kappa shape index (κ2) is 13.7. The van der Waals surface area contributed by atoms with Crippen molar-refractivity contribution in [1.29, 1.82) is 0 Å². The molecule has 0 amide bonds. The van der Waals surface area contributed by atoms with Crippen LogP contribution in [0.5, 0.6) is 0 Å². The maximum Gasteiger partial charge on any atom is 0.191 e. The Balaban J connectivity index is 1.35. The third kappa shape index (κ3) is 9.06. The first-order chi connectivity index (χ1) is 14.8. The molecular weight excluding hydrogens is 378 g/mol. The van der Waals surface area contributed by atoms with Gasteiger partial charge in [0.25, 0.3) is 0 Å². The van der Waals surface area contributed by atoms with Crippen LogP contribution in [0.1, 0.15) is 38.4 Å². The summed E-state index contributed by atoms with van der Waals surface area (Å²) in [4.78, 5) is 9.90. The third-order valence-electron chi connectivity index (χ3n) is 6.07. The highest BCUT2D eigenvalue weighted by atomic mass is 16.5. The maximum atomic E-state index is 5.43. The van der Waals surface area contributed by atoms with Gasteiger partial charge in [-0.1, -0.05) is 6.92 Å². The van der Waals surface area contributed by atoms with Crippen molar-refractivity contribution in [2.24, 2.45) is 10.9 Å². The molecule has 0 radical (unpaired) electrons. The summed E-state index contributed by atoms with van der Waals surface area (Å²) < 4.78 is 10.9. The van der Waals surface area contributed by atoms with E-state index >= 15 is 0 Å². The molecule has 0 bridgehead atoms. The molecule has 7 nitrogen and oxygen atoms in total. The van der Waals surface area contributed by atoms with Gasteiger partial charge in [0.15, 0.2) is 5.96 Å². The molecule has 0 aromatic carbocycles. The smallest absolute Gasteiger partial charge is 0.191 e. The number of morpholine rings is 1. The van der Waals surface area contributed by atoms with Crippen molar-refractivity contribution < 1.29 is 9.15 Å². The first-order valence-corrected chi connectivity index (χ1v) is 11.9. The Morgan fingerprint density at radius 3 is 2.53 bits per heavy atom. The van der Waals surface area contributed by atoms with E-state index in [9.17, 15) is 0 Å².